The first kappa shape index (κ1) is 11.2. The lowest BCUT2D eigenvalue weighted by atomic mass is 10.2. The summed E-state index contributed by atoms with van der Waals surface area (Å²) in [6.07, 6.45) is 7.07. The highest BCUT2D eigenvalue weighted by Gasteiger charge is 2.14. The summed E-state index contributed by atoms with van der Waals surface area (Å²) in [6.45, 7) is 0.804. The molecule has 1 fully saturated rings. The van der Waals surface area contributed by atoms with E-state index in [4.69, 9.17) is 0 Å². The van der Waals surface area contributed by atoms with Crippen molar-refractivity contribution in [1.82, 2.24) is 20.3 Å². The molecule has 4 nitrogen and oxygen atoms in total. The third-order valence-corrected chi connectivity index (χ3v) is 3.70. The Labute approximate surface area is 108 Å². The Bertz CT molecular complexity index is 516. The summed E-state index contributed by atoms with van der Waals surface area (Å²) in [5, 5.41) is 3.54. The average molecular weight is 295 g/mol. The normalized spacial score (nSPS) is 17.0. The van der Waals surface area contributed by atoms with Crippen molar-refractivity contribution >= 4 is 27.1 Å². The minimum atomic E-state index is 0.669. The maximum Gasteiger partial charge on any atom is 0.177 e. The van der Waals surface area contributed by atoms with Crippen molar-refractivity contribution in [3.8, 4) is 0 Å². The SMILES string of the molecule is Brc1cnc2nc(CNC3CCCC3)[nH]c2c1. The molecular weight excluding hydrogens is 280 g/mol. The molecule has 2 aromatic heterocycles. The zero-order chi connectivity index (χ0) is 11.7. The molecule has 0 aliphatic heterocycles. The molecule has 17 heavy (non-hydrogen) atoms. The molecule has 0 aromatic carbocycles. The van der Waals surface area contributed by atoms with E-state index in [1.54, 1.807) is 6.20 Å². The van der Waals surface area contributed by atoms with Crippen molar-refractivity contribution in [2.75, 3.05) is 0 Å². The topological polar surface area (TPSA) is 53.6 Å². The second-order valence-corrected chi connectivity index (χ2v) is 5.49. The molecule has 0 radical (unpaired) electrons. The van der Waals surface area contributed by atoms with Crippen LogP contribution in [0, 0.1) is 0 Å². The summed E-state index contributed by atoms with van der Waals surface area (Å²) in [5.74, 6) is 0.970. The molecule has 0 bridgehead atoms. The maximum atomic E-state index is 4.46. The fourth-order valence-electron chi connectivity index (χ4n) is 2.38. The van der Waals surface area contributed by atoms with Gasteiger partial charge in [-0.2, -0.15) is 0 Å². The van der Waals surface area contributed by atoms with Crippen molar-refractivity contribution in [2.45, 2.75) is 38.3 Å². The van der Waals surface area contributed by atoms with Crippen LogP contribution in [0.2, 0.25) is 0 Å². The standard InChI is InChI=1S/C12H15BrN4/c13-8-5-10-12(15-6-8)17-11(16-10)7-14-9-3-1-2-4-9/h5-6,9,14H,1-4,7H2,(H,15,16,17). The van der Waals surface area contributed by atoms with E-state index in [-0.39, 0.29) is 0 Å². The Morgan fingerprint density at radius 2 is 2.24 bits per heavy atom. The Kier molecular flexibility index (Phi) is 3.11. The molecule has 3 rings (SSSR count). The minimum absolute atomic E-state index is 0.669. The molecule has 1 aliphatic rings. The van der Waals surface area contributed by atoms with Crippen LogP contribution in [0.1, 0.15) is 31.5 Å². The zero-order valence-electron chi connectivity index (χ0n) is 9.54. The van der Waals surface area contributed by atoms with Gasteiger partial charge in [0.15, 0.2) is 5.65 Å². The van der Waals surface area contributed by atoms with E-state index in [2.05, 4.69) is 36.2 Å². The van der Waals surface area contributed by atoms with Crippen LogP contribution in [-0.4, -0.2) is 21.0 Å². The Balaban J connectivity index is 1.72. The highest BCUT2D eigenvalue weighted by molar-refractivity contribution is 9.10. The fourth-order valence-corrected chi connectivity index (χ4v) is 2.71. The fraction of sp³-hybridized carbons (Fsp3) is 0.500. The number of aromatic nitrogens is 3. The van der Waals surface area contributed by atoms with Gasteiger partial charge in [-0.15, -0.1) is 0 Å². The number of imidazole rings is 1. The summed E-state index contributed by atoms with van der Waals surface area (Å²) >= 11 is 3.41. The van der Waals surface area contributed by atoms with Crippen LogP contribution >= 0.6 is 15.9 Å². The number of hydrogen-bond acceptors (Lipinski definition) is 3. The Morgan fingerprint density at radius 3 is 3.06 bits per heavy atom. The molecule has 0 spiro atoms. The summed E-state index contributed by atoms with van der Waals surface area (Å²) < 4.78 is 0.976. The van der Waals surface area contributed by atoms with Gasteiger partial charge in [-0.1, -0.05) is 12.8 Å². The van der Waals surface area contributed by atoms with E-state index >= 15 is 0 Å². The largest absolute Gasteiger partial charge is 0.339 e. The van der Waals surface area contributed by atoms with Gasteiger partial charge >= 0.3 is 0 Å². The van der Waals surface area contributed by atoms with Gasteiger partial charge in [0.1, 0.15) is 5.82 Å². The number of pyridine rings is 1. The van der Waals surface area contributed by atoms with Crippen LogP contribution in [0.25, 0.3) is 11.2 Å². The van der Waals surface area contributed by atoms with Gasteiger partial charge in [0, 0.05) is 16.7 Å². The number of hydrogen-bond donors (Lipinski definition) is 2. The van der Waals surface area contributed by atoms with Gasteiger partial charge in [0.05, 0.1) is 12.1 Å². The molecule has 1 saturated carbocycles. The zero-order valence-corrected chi connectivity index (χ0v) is 11.1. The highest BCUT2D eigenvalue weighted by atomic mass is 79.9. The van der Waals surface area contributed by atoms with Crippen LogP contribution in [0.15, 0.2) is 16.7 Å². The van der Waals surface area contributed by atoms with E-state index in [9.17, 15) is 0 Å². The highest BCUT2D eigenvalue weighted by Crippen LogP contribution is 2.18. The van der Waals surface area contributed by atoms with Crippen molar-refractivity contribution in [3.05, 3.63) is 22.6 Å². The van der Waals surface area contributed by atoms with Crippen molar-refractivity contribution in [3.63, 3.8) is 0 Å². The first-order chi connectivity index (χ1) is 8.31. The number of aromatic amines is 1. The predicted octanol–water partition coefficient (Wildman–Crippen LogP) is 2.75. The first-order valence-electron chi connectivity index (χ1n) is 6.05. The monoisotopic (exact) mass is 294 g/mol. The van der Waals surface area contributed by atoms with Gasteiger partial charge in [0.2, 0.25) is 0 Å². The van der Waals surface area contributed by atoms with Crippen LogP contribution in [0.5, 0.6) is 0 Å². The quantitative estimate of drug-likeness (QED) is 0.915. The lowest BCUT2D eigenvalue weighted by molar-refractivity contribution is 0.516. The number of H-pyrrole nitrogens is 1. The number of nitrogens with zero attached hydrogens (tertiary/aromatic N) is 2. The lowest BCUT2D eigenvalue weighted by Gasteiger charge is -2.09. The number of nitrogens with one attached hydrogen (secondary N) is 2. The van der Waals surface area contributed by atoms with E-state index < -0.39 is 0 Å². The molecule has 0 unspecified atom stereocenters. The molecule has 5 heteroatoms. The van der Waals surface area contributed by atoms with E-state index in [1.165, 1.54) is 25.7 Å². The smallest absolute Gasteiger partial charge is 0.177 e. The third-order valence-electron chi connectivity index (χ3n) is 3.27. The summed E-state index contributed by atoms with van der Waals surface area (Å²) in [7, 11) is 0. The number of halogens is 1. The van der Waals surface area contributed by atoms with Gasteiger partial charge in [0.25, 0.3) is 0 Å². The third kappa shape index (κ3) is 2.50. The van der Waals surface area contributed by atoms with E-state index in [1.807, 2.05) is 6.07 Å². The van der Waals surface area contributed by atoms with Gasteiger partial charge in [-0.25, -0.2) is 9.97 Å². The second-order valence-electron chi connectivity index (χ2n) is 4.57. The molecule has 0 amide bonds. The van der Waals surface area contributed by atoms with Gasteiger partial charge in [-0.3, -0.25) is 0 Å². The van der Waals surface area contributed by atoms with Crippen LogP contribution in [0.4, 0.5) is 0 Å². The maximum absolute atomic E-state index is 4.46. The molecular formula is C12H15BrN4. The summed E-state index contributed by atoms with van der Waals surface area (Å²) in [6, 6.07) is 2.68. The Morgan fingerprint density at radius 1 is 1.41 bits per heavy atom. The van der Waals surface area contributed by atoms with Crippen LogP contribution in [0.3, 0.4) is 0 Å². The average Bonchev–Trinajstić information content (AvgIpc) is 2.94. The molecule has 2 heterocycles. The van der Waals surface area contributed by atoms with E-state index in [0.29, 0.717) is 6.04 Å². The Hall–Kier alpha value is -0.940. The number of rotatable bonds is 3. The van der Waals surface area contributed by atoms with Crippen molar-refractivity contribution < 1.29 is 0 Å². The predicted molar refractivity (Wildman–Crippen MR) is 70.7 cm³/mol. The van der Waals surface area contributed by atoms with Crippen LogP contribution < -0.4 is 5.32 Å². The van der Waals surface area contributed by atoms with E-state index in [0.717, 1.165) is 28.0 Å². The molecule has 0 atom stereocenters. The molecule has 90 valence electrons. The number of fused-ring (bicyclic) bond motifs is 1. The molecule has 1 aliphatic carbocycles. The summed E-state index contributed by atoms with van der Waals surface area (Å²) in [5.41, 5.74) is 1.78. The van der Waals surface area contributed by atoms with Gasteiger partial charge < -0.3 is 10.3 Å². The molecule has 2 aromatic rings. The first-order valence-corrected chi connectivity index (χ1v) is 6.84. The lowest BCUT2D eigenvalue weighted by Crippen LogP contribution is -2.25. The van der Waals surface area contributed by atoms with Gasteiger partial charge in [-0.05, 0) is 34.8 Å². The summed E-state index contributed by atoms with van der Waals surface area (Å²) in [4.78, 5) is 12.0. The van der Waals surface area contributed by atoms with Crippen LogP contribution in [-0.2, 0) is 6.54 Å². The minimum Gasteiger partial charge on any atom is -0.339 e. The molecule has 0 saturated heterocycles. The van der Waals surface area contributed by atoms with Crippen molar-refractivity contribution in [2.24, 2.45) is 0 Å². The molecule has 2 N–H and O–H groups in total. The van der Waals surface area contributed by atoms with Crippen molar-refractivity contribution in [1.29, 1.82) is 0 Å². The second kappa shape index (κ2) is 4.74.